The topological polar surface area (TPSA) is 68.0 Å². The van der Waals surface area contributed by atoms with E-state index < -0.39 is 0 Å². The van der Waals surface area contributed by atoms with Crippen LogP contribution in [0.15, 0.2) is 9.80 Å². The maximum absolute atomic E-state index is 11.9. The molecule has 0 atom stereocenters. The Morgan fingerprint density at radius 3 is 3.00 bits per heavy atom. The number of carbonyl (C=O) groups is 1. The van der Waals surface area contributed by atoms with Gasteiger partial charge in [-0.15, -0.1) is 21.5 Å². The summed E-state index contributed by atoms with van der Waals surface area (Å²) in [5, 5.41) is 13.0. The second kappa shape index (κ2) is 4.94. The van der Waals surface area contributed by atoms with Crippen LogP contribution in [0.25, 0.3) is 0 Å². The smallest absolute Gasteiger partial charge is 0.263 e. The second-order valence-electron chi connectivity index (χ2n) is 4.55. The molecule has 5 nitrogen and oxygen atoms in total. The normalized spacial score (nSPS) is 14.6. The molecule has 2 heterocycles. The fourth-order valence-corrected chi connectivity index (χ4v) is 2.85. The molecule has 0 radical (unpaired) electrons. The van der Waals surface area contributed by atoms with Crippen LogP contribution in [0.1, 0.15) is 45.8 Å². The van der Waals surface area contributed by atoms with E-state index in [0.29, 0.717) is 27.6 Å². The van der Waals surface area contributed by atoms with E-state index in [1.807, 2.05) is 12.3 Å². The van der Waals surface area contributed by atoms with E-state index in [1.54, 1.807) is 0 Å². The first-order chi connectivity index (χ1) is 9.15. The molecule has 1 N–H and O–H groups in total. The average molecular weight is 298 g/mol. The molecule has 0 aliphatic heterocycles. The lowest BCUT2D eigenvalue weighted by atomic mass is 10.3. The molecular formula is C12H12ClN3O2S. The Morgan fingerprint density at radius 1 is 1.58 bits per heavy atom. The minimum atomic E-state index is -0.214. The molecule has 1 aliphatic carbocycles. The number of amides is 1. The number of carbonyl (C=O) groups excluding carboxylic acids is 1. The highest BCUT2D eigenvalue weighted by Gasteiger charge is 2.29. The number of hydrogen-bond acceptors (Lipinski definition) is 5. The van der Waals surface area contributed by atoms with Crippen molar-refractivity contribution >= 4 is 28.8 Å². The summed E-state index contributed by atoms with van der Waals surface area (Å²) in [4.78, 5) is 12.4. The number of nitrogens with zero attached hydrogens (tertiary/aromatic N) is 2. The zero-order valence-electron chi connectivity index (χ0n) is 10.3. The third-order valence-corrected chi connectivity index (χ3v) is 4.61. The Bertz CT molecular complexity index is 618. The van der Waals surface area contributed by atoms with Gasteiger partial charge >= 0.3 is 0 Å². The minimum Gasteiger partial charge on any atom is -0.423 e. The van der Waals surface area contributed by atoms with Crippen LogP contribution < -0.4 is 5.32 Å². The van der Waals surface area contributed by atoms with Gasteiger partial charge in [0.25, 0.3) is 5.91 Å². The Balaban J connectivity index is 1.61. The third kappa shape index (κ3) is 2.64. The Morgan fingerprint density at radius 2 is 2.37 bits per heavy atom. The van der Waals surface area contributed by atoms with E-state index in [2.05, 4.69) is 15.5 Å². The maximum atomic E-state index is 11.9. The second-order valence-corrected chi connectivity index (χ2v) is 5.81. The van der Waals surface area contributed by atoms with Crippen LogP contribution in [-0.2, 0) is 6.54 Å². The standard InChI is InChI=1S/C12H12ClN3O2S/c1-6-5-19-10(9(6)13)11(17)14-4-8-15-16-12(18-8)7-2-3-7/h5,7H,2-4H2,1H3,(H,14,17). The highest BCUT2D eigenvalue weighted by atomic mass is 35.5. The van der Waals surface area contributed by atoms with Gasteiger partial charge in [0, 0.05) is 5.92 Å². The number of rotatable bonds is 4. The van der Waals surface area contributed by atoms with Gasteiger partial charge in [0.1, 0.15) is 4.88 Å². The molecule has 2 aromatic heterocycles. The lowest BCUT2D eigenvalue weighted by Gasteiger charge is -2.00. The van der Waals surface area contributed by atoms with Crippen LogP contribution in [0.2, 0.25) is 5.02 Å². The molecule has 1 amide bonds. The summed E-state index contributed by atoms with van der Waals surface area (Å²) in [6.07, 6.45) is 2.22. The van der Waals surface area contributed by atoms with E-state index in [0.717, 1.165) is 18.4 Å². The molecule has 0 bridgehead atoms. The fraction of sp³-hybridized carbons (Fsp3) is 0.417. The van der Waals surface area contributed by atoms with Gasteiger partial charge in [0.05, 0.1) is 11.6 Å². The van der Waals surface area contributed by atoms with Crippen molar-refractivity contribution in [2.75, 3.05) is 0 Å². The molecule has 1 saturated carbocycles. The molecule has 0 unspecified atom stereocenters. The lowest BCUT2D eigenvalue weighted by molar-refractivity contribution is 0.0951. The number of thiophene rings is 1. The van der Waals surface area contributed by atoms with Gasteiger partial charge in [-0.3, -0.25) is 4.79 Å². The van der Waals surface area contributed by atoms with E-state index >= 15 is 0 Å². The van der Waals surface area contributed by atoms with Gasteiger partial charge in [0.2, 0.25) is 11.8 Å². The van der Waals surface area contributed by atoms with E-state index in [4.69, 9.17) is 16.0 Å². The first-order valence-corrected chi connectivity index (χ1v) is 7.25. The predicted molar refractivity (Wildman–Crippen MR) is 71.5 cm³/mol. The highest BCUT2D eigenvalue weighted by Crippen LogP contribution is 2.38. The molecule has 0 spiro atoms. The van der Waals surface area contributed by atoms with E-state index in [1.165, 1.54) is 11.3 Å². The highest BCUT2D eigenvalue weighted by molar-refractivity contribution is 7.13. The molecule has 19 heavy (non-hydrogen) atoms. The number of nitrogens with one attached hydrogen (secondary N) is 1. The molecule has 1 fully saturated rings. The van der Waals surface area contributed by atoms with E-state index in [9.17, 15) is 4.79 Å². The summed E-state index contributed by atoms with van der Waals surface area (Å²) in [5.41, 5.74) is 0.908. The molecule has 2 aromatic rings. The summed E-state index contributed by atoms with van der Waals surface area (Å²) in [6, 6.07) is 0. The van der Waals surface area contributed by atoms with Crippen molar-refractivity contribution in [3.8, 4) is 0 Å². The number of hydrogen-bond donors (Lipinski definition) is 1. The van der Waals surface area contributed by atoms with Gasteiger partial charge in [-0.2, -0.15) is 0 Å². The van der Waals surface area contributed by atoms with Crippen LogP contribution in [0.3, 0.4) is 0 Å². The van der Waals surface area contributed by atoms with Crippen molar-refractivity contribution in [3.63, 3.8) is 0 Å². The van der Waals surface area contributed by atoms with Crippen molar-refractivity contribution in [2.24, 2.45) is 0 Å². The predicted octanol–water partition coefficient (Wildman–Crippen LogP) is 2.90. The van der Waals surface area contributed by atoms with Gasteiger partial charge < -0.3 is 9.73 Å². The third-order valence-electron chi connectivity index (χ3n) is 2.91. The van der Waals surface area contributed by atoms with Crippen molar-refractivity contribution in [3.05, 3.63) is 32.6 Å². The summed E-state index contributed by atoms with van der Waals surface area (Å²) < 4.78 is 5.46. The Labute approximate surface area is 119 Å². The van der Waals surface area contributed by atoms with E-state index in [-0.39, 0.29) is 12.5 Å². The molecule has 100 valence electrons. The van der Waals surface area contributed by atoms with Crippen molar-refractivity contribution in [2.45, 2.75) is 32.2 Å². The quantitative estimate of drug-likeness (QED) is 0.942. The summed E-state index contributed by atoms with van der Waals surface area (Å²) in [5.74, 6) is 1.31. The molecule has 1 aliphatic rings. The van der Waals surface area contributed by atoms with Crippen LogP contribution in [0.4, 0.5) is 0 Å². The lowest BCUT2D eigenvalue weighted by Crippen LogP contribution is -2.22. The van der Waals surface area contributed by atoms with Crippen LogP contribution in [0.5, 0.6) is 0 Å². The van der Waals surface area contributed by atoms with Gasteiger partial charge in [0.15, 0.2) is 0 Å². The molecule has 0 aromatic carbocycles. The number of halogens is 1. The van der Waals surface area contributed by atoms with Gasteiger partial charge in [-0.05, 0) is 30.7 Å². The van der Waals surface area contributed by atoms with Gasteiger partial charge in [-0.1, -0.05) is 11.6 Å². The summed E-state index contributed by atoms with van der Waals surface area (Å²) in [6.45, 7) is 2.10. The monoisotopic (exact) mass is 297 g/mol. The Hall–Kier alpha value is -1.40. The van der Waals surface area contributed by atoms with Crippen molar-refractivity contribution < 1.29 is 9.21 Å². The SMILES string of the molecule is Cc1csc(C(=O)NCc2nnc(C3CC3)o2)c1Cl. The zero-order valence-corrected chi connectivity index (χ0v) is 11.8. The molecule has 7 heteroatoms. The summed E-state index contributed by atoms with van der Waals surface area (Å²) >= 11 is 7.37. The maximum Gasteiger partial charge on any atom is 0.263 e. The van der Waals surface area contributed by atoms with Crippen LogP contribution in [0, 0.1) is 6.92 Å². The zero-order chi connectivity index (χ0) is 13.4. The fourth-order valence-electron chi connectivity index (χ4n) is 1.65. The average Bonchev–Trinajstić information content (AvgIpc) is 3.06. The van der Waals surface area contributed by atoms with Crippen molar-refractivity contribution in [1.29, 1.82) is 0 Å². The van der Waals surface area contributed by atoms with Crippen molar-refractivity contribution in [1.82, 2.24) is 15.5 Å². The molecule has 3 rings (SSSR count). The molecule has 0 saturated heterocycles. The van der Waals surface area contributed by atoms with Crippen LogP contribution >= 0.6 is 22.9 Å². The van der Waals surface area contributed by atoms with Gasteiger partial charge in [-0.25, -0.2) is 0 Å². The largest absolute Gasteiger partial charge is 0.423 e. The van der Waals surface area contributed by atoms with Crippen LogP contribution in [-0.4, -0.2) is 16.1 Å². The minimum absolute atomic E-state index is 0.214. The molecular weight excluding hydrogens is 286 g/mol. The first-order valence-electron chi connectivity index (χ1n) is 5.99. The first kappa shape index (κ1) is 12.6. The Kier molecular flexibility index (Phi) is 3.28. The number of aryl methyl sites for hydroxylation is 1. The summed E-state index contributed by atoms with van der Waals surface area (Å²) in [7, 11) is 0. The number of aromatic nitrogens is 2.